The number of halogens is 1. The maximum Gasteiger partial charge on any atom is 0.263 e. The van der Waals surface area contributed by atoms with Crippen molar-refractivity contribution in [1.29, 1.82) is 5.26 Å². The van der Waals surface area contributed by atoms with Gasteiger partial charge in [0, 0.05) is 24.3 Å². The minimum atomic E-state index is -0.392. The van der Waals surface area contributed by atoms with Crippen LogP contribution in [0.2, 0.25) is 5.02 Å². The number of nitrogens with one attached hydrogen (secondary N) is 2. The molecule has 2 N–H and O–H groups in total. The van der Waals surface area contributed by atoms with E-state index in [-0.39, 0.29) is 5.57 Å². The van der Waals surface area contributed by atoms with Gasteiger partial charge in [0.25, 0.3) is 5.91 Å². The second kappa shape index (κ2) is 10.9. The van der Waals surface area contributed by atoms with Crippen LogP contribution in [0.3, 0.4) is 0 Å². The third kappa shape index (κ3) is 6.69. The first-order chi connectivity index (χ1) is 13.1. The average molecular weight is 384 g/mol. The molecule has 0 aromatic heterocycles. The highest BCUT2D eigenvalue weighted by atomic mass is 35.5. The molecule has 2 aromatic rings. The van der Waals surface area contributed by atoms with Crippen molar-refractivity contribution < 1.29 is 9.53 Å². The van der Waals surface area contributed by atoms with E-state index in [0.29, 0.717) is 31.0 Å². The Bertz CT molecular complexity index is 826. The summed E-state index contributed by atoms with van der Waals surface area (Å²) in [7, 11) is 1.62. The molecule has 0 heterocycles. The first-order valence-electron chi connectivity index (χ1n) is 8.62. The summed E-state index contributed by atoms with van der Waals surface area (Å²) in [5, 5.41) is 15.6. The van der Waals surface area contributed by atoms with Crippen LogP contribution in [0.15, 0.2) is 60.3 Å². The van der Waals surface area contributed by atoms with Crippen molar-refractivity contribution in [2.75, 3.05) is 20.2 Å². The van der Waals surface area contributed by atoms with Gasteiger partial charge in [0.05, 0.1) is 7.11 Å². The van der Waals surface area contributed by atoms with E-state index in [2.05, 4.69) is 10.6 Å². The van der Waals surface area contributed by atoms with Gasteiger partial charge in [0.1, 0.15) is 17.4 Å². The van der Waals surface area contributed by atoms with Crippen molar-refractivity contribution in [1.82, 2.24) is 10.6 Å². The molecule has 0 radical (unpaired) electrons. The Hall–Kier alpha value is -2.97. The molecule has 0 unspecified atom stereocenters. The number of methoxy groups -OCH3 is 1. The maximum atomic E-state index is 12.1. The predicted molar refractivity (Wildman–Crippen MR) is 107 cm³/mol. The number of hydrogen-bond acceptors (Lipinski definition) is 4. The molecular weight excluding hydrogens is 362 g/mol. The molecule has 0 bridgehead atoms. The molecule has 2 aromatic carbocycles. The van der Waals surface area contributed by atoms with Gasteiger partial charge in [-0.2, -0.15) is 5.26 Å². The normalized spacial score (nSPS) is 10.8. The molecule has 0 aliphatic rings. The maximum absolute atomic E-state index is 12.1. The third-order valence-corrected chi connectivity index (χ3v) is 4.34. The largest absolute Gasteiger partial charge is 0.497 e. The molecule has 0 aliphatic carbocycles. The summed E-state index contributed by atoms with van der Waals surface area (Å²) in [6, 6.07) is 17.2. The van der Waals surface area contributed by atoms with Crippen LogP contribution >= 0.6 is 11.6 Å². The topological polar surface area (TPSA) is 74.1 Å². The lowest BCUT2D eigenvalue weighted by atomic mass is 10.1. The lowest BCUT2D eigenvalue weighted by Crippen LogP contribution is -2.28. The first kappa shape index (κ1) is 20.3. The van der Waals surface area contributed by atoms with E-state index < -0.39 is 5.91 Å². The van der Waals surface area contributed by atoms with Gasteiger partial charge in [-0.25, -0.2) is 0 Å². The van der Waals surface area contributed by atoms with E-state index >= 15 is 0 Å². The molecule has 140 valence electrons. The number of hydrogen-bond donors (Lipinski definition) is 2. The van der Waals surface area contributed by atoms with Crippen LogP contribution < -0.4 is 15.4 Å². The molecule has 0 saturated heterocycles. The second-order valence-corrected chi connectivity index (χ2v) is 6.23. The third-order valence-electron chi connectivity index (χ3n) is 3.97. The minimum Gasteiger partial charge on any atom is -0.497 e. The minimum absolute atomic E-state index is 0.0453. The van der Waals surface area contributed by atoms with E-state index in [1.54, 1.807) is 7.11 Å². The summed E-state index contributed by atoms with van der Waals surface area (Å²) < 4.78 is 5.11. The van der Waals surface area contributed by atoms with Gasteiger partial charge in [0.2, 0.25) is 0 Å². The van der Waals surface area contributed by atoms with E-state index in [1.807, 2.05) is 54.6 Å². The van der Waals surface area contributed by atoms with Crippen LogP contribution in [-0.2, 0) is 17.6 Å². The number of amides is 1. The van der Waals surface area contributed by atoms with Crippen molar-refractivity contribution in [2.45, 2.75) is 12.8 Å². The van der Waals surface area contributed by atoms with E-state index in [1.165, 1.54) is 6.20 Å². The van der Waals surface area contributed by atoms with Crippen LogP contribution in [0.5, 0.6) is 5.75 Å². The Balaban J connectivity index is 1.76. The van der Waals surface area contributed by atoms with Crippen LogP contribution in [0.25, 0.3) is 0 Å². The highest BCUT2D eigenvalue weighted by molar-refractivity contribution is 6.31. The van der Waals surface area contributed by atoms with Gasteiger partial charge in [-0.1, -0.05) is 41.9 Å². The Kier molecular flexibility index (Phi) is 8.21. The van der Waals surface area contributed by atoms with Crippen LogP contribution in [0, 0.1) is 11.3 Å². The molecule has 0 atom stereocenters. The number of rotatable bonds is 9. The summed E-state index contributed by atoms with van der Waals surface area (Å²) in [5.41, 5.74) is 2.14. The Morgan fingerprint density at radius 3 is 2.56 bits per heavy atom. The zero-order chi connectivity index (χ0) is 19.5. The highest BCUT2D eigenvalue weighted by Crippen LogP contribution is 2.14. The molecule has 2 rings (SSSR count). The van der Waals surface area contributed by atoms with Crippen molar-refractivity contribution in [3.63, 3.8) is 0 Å². The average Bonchev–Trinajstić information content (AvgIpc) is 2.69. The number of benzene rings is 2. The van der Waals surface area contributed by atoms with E-state index in [0.717, 1.165) is 16.9 Å². The fourth-order valence-corrected chi connectivity index (χ4v) is 2.67. The van der Waals surface area contributed by atoms with Crippen molar-refractivity contribution in [3.8, 4) is 11.8 Å². The molecule has 0 fully saturated rings. The second-order valence-electron chi connectivity index (χ2n) is 5.82. The number of carbonyl (C=O) groups is 1. The van der Waals surface area contributed by atoms with E-state index in [4.69, 9.17) is 16.3 Å². The number of nitriles is 1. The van der Waals surface area contributed by atoms with Crippen molar-refractivity contribution in [3.05, 3.63) is 76.5 Å². The zero-order valence-electron chi connectivity index (χ0n) is 15.2. The summed E-state index contributed by atoms with van der Waals surface area (Å²) in [5.74, 6) is 0.400. The lowest BCUT2D eigenvalue weighted by Gasteiger charge is -2.07. The molecule has 0 aliphatic heterocycles. The lowest BCUT2D eigenvalue weighted by molar-refractivity contribution is -0.117. The Morgan fingerprint density at radius 2 is 1.89 bits per heavy atom. The van der Waals surface area contributed by atoms with Crippen molar-refractivity contribution in [2.24, 2.45) is 0 Å². The summed E-state index contributed by atoms with van der Waals surface area (Å²) >= 11 is 6.10. The highest BCUT2D eigenvalue weighted by Gasteiger charge is 2.08. The zero-order valence-corrected chi connectivity index (χ0v) is 15.9. The van der Waals surface area contributed by atoms with Crippen LogP contribution in [0.4, 0.5) is 0 Å². The summed E-state index contributed by atoms with van der Waals surface area (Å²) in [4.78, 5) is 12.1. The number of carbonyl (C=O) groups excluding carboxylic acids is 1. The van der Waals surface area contributed by atoms with Gasteiger partial charge in [-0.05, 0) is 42.2 Å². The smallest absolute Gasteiger partial charge is 0.263 e. The van der Waals surface area contributed by atoms with E-state index in [9.17, 15) is 10.1 Å². The van der Waals surface area contributed by atoms with Gasteiger partial charge in [-0.3, -0.25) is 4.79 Å². The molecule has 27 heavy (non-hydrogen) atoms. The monoisotopic (exact) mass is 383 g/mol. The van der Waals surface area contributed by atoms with Gasteiger partial charge < -0.3 is 15.4 Å². The number of nitrogens with zero attached hydrogens (tertiary/aromatic N) is 1. The molecule has 1 amide bonds. The van der Waals surface area contributed by atoms with Crippen LogP contribution in [-0.4, -0.2) is 26.1 Å². The predicted octanol–water partition coefficient (Wildman–Crippen LogP) is 3.25. The Labute approximate surface area is 164 Å². The fraction of sp³-hybridized carbons (Fsp3) is 0.238. The number of ether oxygens (including phenoxy) is 1. The van der Waals surface area contributed by atoms with Gasteiger partial charge >= 0.3 is 0 Å². The SMILES string of the molecule is COc1ccc(CCNC(=O)/C(C#N)=C\NCCc2ccccc2Cl)cc1. The summed E-state index contributed by atoms with van der Waals surface area (Å²) in [6.07, 6.45) is 2.82. The Morgan fingerprint density at radius 1 is 1.15 bits per heavy atom. The molecule has 0 saturated carbocycles. The van der Waals surface area contributed by atoms with Crippen molar-refractivity contribution >= 4 is 17.5 Å². The molecule has 5 nitrogen and oxygen atoms in total. The van der Waals surface area contributed by atoms with Gasteiger partial charge in [-0.15, -0.1) is 0 Å². The first-order valence-corrected chi connectivity index (χ1v) is 9.00. The molecular formula is C21H22ClN3O2. The van der Waals surface area contributed by atoms with Crippen LogP contribution in [0.1, 0.15) is 11.1 Å². The molecule has 6 heteroatoms. The van der Waals surface area contributed by atoms with Gasteiger partial charge in [0.15, 0.2) is 0 Å². The summed E-state index contributed by atoms with van der Waals surface area (Å²) in [6.45, 7) is 1.03. The standard InChI is InChI=1S/C21H22ClN3O2/c1-27-19-8-6-16(7-9-19)10-13-25-21(26)18(14-23)15-24-12-11-17-4-2-3-5-20(17)22/h2-9,15,24H,10-13H2,1H3,(H,25,26)/b18-15-. The quantitative estimate of drug-likeness (QED) is 0.396. The molecule has 0 spiro atoms. The fourth-order valence-electron chi connectivity index (χ4n) is 2.44.